The molecule has 1 saturated heterocycles. The lowest BCUT2D eigenvalue weighted by molar-refractivity contribution is 0.0760. The number of benzene rings is 2. The quantitative estimate of drug-likeness (QED) is 0.753. The third-order valence-electron chi connectivity index (χ3n) is 4.09. The number of halogens is 1. The predicted molar refractivity (Wildman–Crippen MR) is 97.8 cm³/mol. The van der Waals surface area contributed by atoms with Gasteiger partial charge in [-0.05, 0) is 42.0 Å². The third kappa shape index (κ3) is 3.00. The van der Waals surface area contributed by atoms with Gasteiger partial charge in [-0.1, -0.05) is 22.0 Å². The first-order valence-electron chi connectivity index (χ1n) is 7.80. The fraction of sp³-hybridized carbons (Fsp3) is 0.278. The zero-order valence-electron chi connectivity index (χ0n) is 12.9. The van der Waals surface area contributed by atoms with E-state index in [0.717, 1.165) is 33.8 Å². The van der Waals surface area contributed by atoms with E-state index in [0.29, 0.717) is 18.8 Å². The molecule has 24 heavy (non-hydrogen) atoms. The Morgan fingerprint density at radius 1 is 1.08 bits per heavy atom. The predicted octanol–water partition coefficient (Wildman–Crippen LogP) is 4.11. The fourth-order valence-electron chi connectivity index (χ4n) is 2.93. The van der Waals surface area contributed by atoms with Crippen LogP contribution in [0.4, 0.5) is 0 Å². The molecule has 2 aromatic rings. The first-order valence-corrected chi connectivity index (χ1v) is 9.64. The molecule has 0 N–H and O–H groups in total. The minimum atomic E-state index is 0.0111. The molecule has 0 aromatic heterocycles. The van der Waals surface area contributed by atoms with Gasteiger partial charge in [-0.15, -0.1) is 11.8 Å². The monoisotopic (exact) mass is 405 g/mol. The number of ether oxygens (including phenoxy) is 2. The smallest absolute Gasteiger partial charge is 0.255 e. The van der Waals surface area contributed by atoms with Gasteiger partial charge in [-0.3, -0.25) is 4.79 Å². The number of thioether (sulfide) groups is 1. The highest BCUT2D eigenvalue weighted by atomic mass is 79.9. The molecule has 0 aliphatic carbocycles. The Kier molecular flexibility index (Phi) is 4.41. The molecule has 124 valence electrons. The van der Waals surface area contributed by atoms with Crippen molar-refractivity contribution in [2.24, 2.45) is 0 Å². The summed E-state index contributed by atoms with van der Waals surface area (Å²) in [6.07, 6.45) is 0. The van der Waals surface area contributed by atoms with E-state index in [9.17, 15) is 4.79 Å². The van der Waals surface area contributed by atoms with E-state index in [2.05, 4.69) is 15.9 Å². The van der Waals surface area contributed by atoms with E-state index < -0.39 is 0 Å². The lowest BCUT2D eigenvalue weighted by Crippen LogP contribution is -2.30. The summed E-state index contributed by atoms with van der Waals surface area (Å²) in [5, 5.41) is 0.0111. The summed E-state index contributed by atoms with van der Waals surface area (Å²) in [4.78, 5) is 14.8. The van der Waals surface area contributed by atoms with Gasteiger partial charge in [0, 0.05) is 22.3 Å². The Bertz CT molecular complexity index is 765. The molecule has 0 saturated carbocycles. The van der Waals surface area contributed by atoms with Gasteiger partial charge in [-0.25, -0.2) is 0 Å². The number of nitrogens with zero attached hydrogens (tertiary/aromatic N) is 1. The number of hydrogen-bond acceptors (Lipinski definition) is 4. The number of carbonyl (C=O) groups is 1. The molecule has 0 spiro atoms. The summed E-state index contributed by atoms with van der Waals surface area (Å²) in [5.74, 6) is 2.54. The van der Waals surface area contributed by atoms with Crippen LogP contribution >= 0.6 is 27.7 Å². The van der Waals surface area contributed by atoms with Crippen LogP contribution in [0.2, 0.25) is 0 Å². The van der Waals surface area contributed by atoms with Gasteiger partial charge in [0.05, 0.1) is 0 Å². The standard InChI is InChI=1S/C18H16BrNO3S/c19-14-4-1-12(2-5-14)17(21)20-7-10-24-18(20)13-3-6-15-16(11-13)23-9-8-22-15/h1-6,11,18H,7-10H2/t18-/m1/s1. The van der Waals surface area contributed by atoms with E-state index in [1.807, 2.05) is 47.4 Å². The topological polar surface area (TPSA) is 38.8 Å². The molecule has 4 rings (SSSR count). The van der Waals surface area contributed by atoms with Crippen LogP contribution in [0.1, 0.15) is 21.3 Å². The second kappa shape index (κ2) is 6.69. The summed E-state index contributed by atoms with van der Waals surface area (Å²) in [7, 11) is 0. The molecule has 0 bridgehead atoms. The van der Waals surface area contributed by atoms with Crippen LogP contribution in [-0.4, -0.2) is 36.3 Å². The molecule has 2 aliphatic rings. The average Bonchev–Trinajstić information content (AvgIpc) is 3.11. The third-order valence-corrected chi connectivity index (χ3v) is 5.88. The number of carbonyl (C=O) groups excluding carboxylic acids is 1. The van der Waals surface area contributed by atoms with Crippen LogP contribution in [0.15, 0.2) is 46.9 Å². The summed E-state index contributed by atoms with van der Waals surface area (Å²) in [6.45, 7) is 1.90. The van der Waals surface area contributed by atoms with Crippen molar-refractivity contribution in [1.82, 2.24) is 4.90 Å². The Hall–Kier alpha value is -1.66. The summed E-state index contributed by atoms with van der Waals surface area (Å²) in [6, 6.07) is 13.5. The number of fused-ring (bicyclic) bond motifs is 1. The van der Waals surface area contributed by atoms with Crippen molar-refractivity contribution < 1.29 is 14.3 Å². The van der Waals surface area contributed by atoms with Crippen molar-refractivity contribution in [3.8, 4) is 11.5 Å². The van der Waals surface area contributed by atoms with Crippen molar-refractivity contribution >= 4 is 33.6 Å². The molecule has 1 amide bonds. The number of amides is 1. The highest BCUT2D eigenvalue weighted by Gasteiger charge is 2.32. The molecule has 0 unspecified atom stereocenters. The first-order chi connectivity index (χ1) is 11.7. The Morgan fingerprint density at radius 2 is 1.83 bits per heavy atom. The van der Waals surface area contributed by atoms with Crippen molar-refractivity contribution in [2.75, 3.05) is 25.5 Å². The highest BCUT2D eigenvalue weighted by Crippen LogP contribution is 2.42. The van der Waals surface area contributed by atoms with Gasteiger partial charge in [0.25, 0.3) is 5.91 Å². The molecule has 2 heterocycles. The molecular weight excluding hydrogens is 390 g/mol. The Balaban J connectivity index is 1.60. The van der Waals surface area contributed by atoms with Crippen LogP contribution < -0.4 is 9.47 Å². The Labute approximate surface area is 153 Å². The van der Waals surface area contributed by atoms with Gasteiger partial charge in [-0.2, -0.15) is 0 Å². The summed E-state index contributed by atoms with van der Waals surface area (Å²) < 4.78 is 12.2. The second-order valence-corrected chi connectivity index (χ2v) is 7.74. The fourth-order valence-corrected chi connectivity index (χ4v) is 4.44. The molecule has 1 fully saturated rings. The van der Waals surface area contributed by atoms with E-state index in [4.69, 9.17) is 9.47 Å². The lowest BCUT2D eigenvalue weighted by Gasteiger charge is -2.26. The maximum Gasteiger partial charge on any atom is 0.255 e. The average molecular weight is 406 g/mol. The molecular formula is C18H16BrNO3S. The van der Waals surface area contributed by atoms with Crippen LogP contribution in [-0.2, 0) is 0 Å². The van der Waals surface area contributed by atoms with Crippen molar-refractivity contribution in [3.63, 3.8) is 0 Å². The molecule has 0 radical (unpaired) electrons. The maximum absolute atomic E-state index is 12.9. The minimum absolute atomic E-state index is 0.0111. The van der Waals surface area contributed by atoms with E-state index in [1.165, 1.54) is 0 Å². The van der Waals surface area contributed by atoms with Crippen molar-refractivity contribution in [1.29, 1.82) is 0 Å². The molecule has 4 nitrogen and oxygen atoms in total. The summed E-state index contributed by atoms with van der Waals surface area (Å²) >= 11 is 5.19. The van der Waals surface area contributed by atoms with Crippen LogP contribution in [0, 0.1) is 0 Å². The van der Waals surface area contributed by atoms with Crippen LogP contribution in [0.3, 0.4) is 0 Å². The molecule has 6 heteroatoms. The van der Waals surface area contributed by atoms with E-state index in [1.54, 1.807) is 11.8 Å². The maximum atomic E-state index is 12.9. The van der Waals surface area contributed by atoms with Gasteiger partial charge in [0.15, 0.2) is 11.5 Å². The van der Waals surface area contributed by atoms with E-state index >= 15 is 0 Å². The number of rotatable bonds is 2. The normalized spacial score (nSPS) is 19.4. The summed E-state index contributed by atoms with van der Waals surface area (Å²) in [5.41, 5.74) is 1.79. The molecule has 2 aliphatic heterocycles. The minimum Gasteiger partial charge on any atom is -0.486 e. The first kappa shape index (κ1) is 15.8. The van der Waals surface area contributed by atoms with Gasteiger partial charge in [0.1, 0.15) is 18.6 Å². The van der Waals surface area contributed by atoms with Crippen molar-refractivity contribution in [3.05, 3.63) is 58.1 Å². The largest absolute Gasteiger partial charge is 0.486 e. The Morgan fingerprint density at radius 3 is 2.62 bits per heavy atom. The number of hydrogen-bond donors (Lipinski definition) is 0. The molecule has 1 atom stereocenters. The highest BCUT2D eigenvalue weighted by molar-refractivity contribution is 9.10. The zero-order chi connectivity index (χ0) is 16.5. The zero-order valence-corrected chi connectivity index (χ0v) is 15.3. The van der Waals surface area contributed by atoms with Gasteiger partial charge < -0.3 is 14.4 Å². The second-order valence-electron chi connectivity index (χ2n) is 5.63. The SMILES string of the molecule is O=C(c1ccc(Br)cc1)N1CCS[C@@H]1c1ccc2c(c1)OCCO2. The van der Waals surface area contributed by atoms with Gasteiger partial charge >= 0.3 is 0 Å². The van der Waals surface area contributed by atoms with Crippen molar-refractivity contribution in [2.45, 2.75) is 5.37 Å². The molecule has 2 aromatic carbocycles. The lowest BCUT2D eigenvalue weighted by atomic mass is 10.1. The van der Waals surface area contributed by atoms with Crippen LogP contribution in [0.5, 0.6) is 11.5 Å². The van der Waals surface area contributed by atoms with Gasteiger partial charge in [0.2, 0.25) is 0 Å². The van der Waals surface area contributed by atoms with E-state index in [-0.39, 0.29) is 11.3 Å². The van der Waals surface area contributed by atoms with Crippen LogP contribution in [0.25, 0.3) is 0 Å².